The fourth-order valence-electron chi connectivity index (χ4n) is 5.08. The summed E-state index contributed by atoms with van der Waals surface area (Å²) in [6.07, 6.45) is 19.1. The van der Waals surface area contributed by atoms with E-state index in [9.17, 15) is 14.4 Å². The third-order valence-electron chi connectivity index (χ3n) is 7.59. The molecule has 40 heavy (non-hydrogen) atoms. The molecule has 0 unspecified atom stereocenters. The van der Waals surface area contributed by atoms with Gasteiger partial charge in [0, 0.05) is 43.7 Å². The van der Waals surface area contributed by atoms with E-state index >= 15 is 0 Å². The van der Waals surface area contributed by atoms with Crippen LogP contribution < -0.4 is 10.5 Å². The van der Waals surface area contributed by atoms with Crippen LogP contribution in [0.25, 0.3) is 11.0 Å². The molecule has 0 bridgehead atoms. The van der Waals surface area contributed by atoms with Crippen molar-refractivity contribution < 1.29 is 18.8 Å². The maximum atomic E-state index is 12.8. The number of fused-ring (bicyclic) bond motifs is 1. The number of carbonyl (C=O) groups excluding carboxylic acids is 2. The molecule has 1 heterocycles. The zero-order chi connectivity index (χ0) is 29.2. The van der Waals surface area contributed by atoms with E-state index in [1.165, 1.54) is 90.2 Å². The van der Waals surface area contributed by atoms with Gasteiger partial charge < -0.3 is 14.2 Å². The Labute approximate surface area is 241 Å². The quantitative estimate of drug-likeness (QED) is 0.0925. The summed E-state index contributed by atoms with van der Waals surface area (Å²) in [5.74, 6) is -1.17. The lowest BCUT2D eigenvalue weighted by Gasteiger charge is -2.21. The molecule has 0 spiro atoms. The van der Waals surface area contributed by atoms with Crippen molar-refractivity contribution in [3.05, 3.63) is 40.2 Å². The van der Waals surface area contributed by atoms with Gasteiger partial charge in [-0.05, 0) is 38.5 Å². The number of nitrogens with zero attached hydrogens (tertiary/aromatic N) is 2. The smallest absolute Gasteiger partial charge is 0.349 e. The Balaban J connectivity index is 1.63. The number of hydroxylamine groups is 2. The molecule has 7 nitrogen and oxygen atoms in total. The van der Waals surface area contributed by atoms with E-state index in [1.807, 2.05) is 12.1 Å². The van der Waals surface area contributed by atoms with Crippen molar-refractivity contribution in [1.29, 1.82) is 0 Å². The number of carbonyl (C=O) groups is 2. The van der Waals surface area contributed by atoms with Crippen molar-refractivity contribution in [2.75, 3.05) is 25.0 Å². The SMILES string of the molecule is CCCCCCCCCCCCCCCCCC(=O)ON(C)C(=O)c1cc2ccc(N(CC)CC)cc2oc1=O. The minimum absolute atomic E-state index is 0.162. The summed E-state index contributed by atoms with van der Waals surface area (Å²) in [4.78, 5) is 44.9. The maximum absolute atomic E-state index is 12.8. The number of anilines is 1. The van der Waals surface area contributed by atoms with Crippen LogP contribution >= 0.6 is 0 Å². The number of benzene rings is 1. The largest absolute Gasteiger partial charge is 0.422 e. The van der Waals surface area contributed by atoms with Gasteiger partial charge in [-0.3, -0.25) is 4.79 Å². The zero-order valence-corrected chi connectivity index (χ0v) is 25.5. The van der Waals surface area contributed by atoms with Crippen LogP contribution in [-0.2, 0) is 9.63 Å². The van der Waals surface area contributed by atoms with E-state index in [-0.39, 0.29) is 12.0 Å². The zero-order valence-electron chi connectivity index (χ0n) is 25.5. The number of hydrogen-bond donors (Lipinski definition) is 0. The van der Waals surface area contributed by atoms with Crippen LogP contribution in [0.15, 0.2) is 33.5 Å². The summed E-state index contributed by atoms with van der Waals surface area (Å²) in [7, 11) is 1.35. The van der Waals surface area contributed by atoms with Gasteiger partial charge in [-0.2, -0.15) is 5.06 Å². The van der Waals surface area contributed by atoms with Crippen molar-refractivity contribution in [2.24, 2.45) is 0 Å². The van der Waals surface area contributed by atoms with Crippen LogP contribution in [0.5, 0.6) is 0 Å². The Bertz CT molecular complexity index is 1080. The summed E-state index contributed by atoms with van der Waals surface area (Å²) in [5.41, 5.74) is 0.452. The van der Waals surface area contributed by atoms with Crippen LogP contribution in [-0.4, -0.2) is 37.1 Å². The standard InChI is InChI=1S/C33H52N2O5/c1-5-8-9-10-11-12-13-14-15-16-17-18-19-20-21-22-31(36)40-34(4)32(37)29-25-27-23-24-28(35(6-2)7-3)26-30(27)39-33(29)38/h23-26H,5-22H2,1-4H3. The highest BCUT2D eigenvalue weighted by atomic mass is 16.7. The Hall–Kier alpha value is -2.83. The van der Waals surface area contributed by atoms with E-state index in [1.54, 1.807) is 6.07 Å². The summed E-state index contributed by atoms with van der Waals surface area (Å²) in [5, 5.41) is 1.46. The topological polar surface area (TPSA) is 80.1 Å². The van der Waals surface area contributed by atoms with Crippen LogP contribution in [0.3, 0.4) is 0 Å². The van der Waals surface area contributed by atoms with Gasteiger partial charge in [-0.15, -0.1) is 0 Å². The van der Waals surface area contributed by atoms with Crippen molar-refractivity contribution in [3.8, 4) is 0 Å². The van der Waals surface area contributed by atoms with Crippen molar-refractivity contribution in [3.63, 3.8) is 0 Å². The monoisotopic (exact) mass is 556 g/mol. The summed E-state index contributed by atoms with van der Waals surface area (Å²) in [6.45, 7) is 8.04. The lowest BCUT2D eigenvalue weighted by molar-refractivity contribution is -0.173. The molecule has 0 fully saturated rings. The summed E-state index contributed by atoms with van der Waals surface area (Å²) >= 11 is 0. The molecule has 2 rings (SSSR count). The molecule has 0 saturated carbocycles. The first-order valence-electron chi connectivity index (χ1n) is 15.7. The molecule has 1 aromatic carbocycles. The van der Waals surface area contributed by atoms with Gasteiger partial charge in [0.2, 0.25) is 0 Å². The number of unbranched alkanes of at least 4 members (excludes halogenated alkanes) is 14. The predicted molar refractivity (Wildman–Crippen MR) is 164 cm³/mol. The van der Waals surface area contributed by atoms with Crippen LogP contribution in [0, 0.1) is 0 Å². The van der Waals surface area contributed by atoms with E-state index in [0.29, 0.717) is 11.0 Å². The normalized spacial score (nSPS) is 11.1. The first-order valence-corrected chi connectivity index (χ1v) is 15.7. The van der Waals surface area contributed by atoms with Crippen molar-refractivity contribution in [2.45, 2.75) is 124 Å². The molecule has 0 atom stereocenters. The molecule has 0 aliphatic heterocycles. The first kappa shape index (κ1) is 33.4. The molecule has 0 radical (unpaired) electrons. The molecular formula is C33H52N2O5. The predicted octanol–water partition coefficient (Wildman–Crippen LogP) is 8.43. The van der Waals surface area contributed by atoms with E-state index in [0.717, 1.165) is 43.1 Å². The van der Waals surface area contributed by atoms with Gasteiger partial charge >= 0.3 is 11.6 Å². The average Bonchev–Trinajstić information content (AvgIpc) is 2.95. The molecule has 224 valence electrons. The third kappa shape index (κ3) is 11.7. The molecule has 0 N–H and O–H groups in total. The third-order valence-corrected chi connectivity index (χ3v) is 7.59. The minimum Gasteiger partial charge on any atom is -0.422 e. The van der Waals surface area contributed by atoms with E-state index in [2.05, 4.69) is 25.7 Å². The van der Waals surface area contributed by atoms with Crippen molar-refractivity contribution in [1.82, 2.24) is 5.06 Å². The summed E-state index contributed by atoms with van der Waals surface area (Å²) in [6, 6.07) is 7.06. The van der Waals surface area contributed by atoms with Gasteiger partial charge in [0.15, 0.2) is 0 Å². The fraction of sp³-hybridized carbons (Fsp3) is 0.667. The van der Waals surface area contributed by atoms with Crippen molar-refractivity contribution >= 4 is 28.5 Å². The van der Waals surface area contributed by atoms with Crippen LogP contribution in [0.2, 0.25) is 0 Å². The van der Waals surface area contributed by atoms with E-state index in [4.69, 9.17) is 9.25 Å². The molecule has 0 aliphatic rings. The maximum Gasteiger partial charge on any atom is 0.349 e. The Kier molecular flexibility index (Phi) is 16.1. The lowest BCUT2D eigenvalue weighted by atomic mass is 10.0. The molecule has 0 aliphatic carbocycles. The molecule has 2 aromatic rings. The van der Waals surface area contributed by atoms with Gasteiger partial charge in [-0.25, -0.2) is 9.59 Å². The molecule has 1 aromatic heterocycles. The second-order valence-corrected chi connectivity index (χ2v) is 10.8. The van der Waals surface area contributed by atoms with Crippen LogP contribution in [0.4, 0.5) is 5.69 Å². The minimum atomic E-state index is -0.750. The molecule has 7 heteroatoms. The number of amides is 1. The van der Waals surface area contributed by atoms with Gasteiger partial charge in [0.25, 0.3) is 5.91 Å². The molecular weight excluding hydrogens is 504 g/mol. The second-order valence-electron chi connectivity index (χ2n) is 10.8. The lowest BCUT2D eigenvalue weighted by Crippen LogP contribution is -2.32. The Morgan fingerprint density at radius 2 is 1.27 bits per heavy atom. The Morgan fingerprint density at radius 1 is 0.750 bits per heavy atom. The van der Waals surface area contributed by atoms with Crippen LogP contribution in [0.1, 0.15) is 134 Å². The highest BCUT2D eigenvalue weighted by Gasteiger charge is 2.21. The fourth-order valence-corrected chi connectivity index (χ4v) is 5.08. The van der Waals surface area contributed by atoms with Gasteiger partial charge in [0.1, 0.15) is 11.1 Å². The molecule has 0 saturated heterocycles. The highest BCUT2D eigenvalue weighted by molar-refractivity contribution is 5.96. The Morgan fingerprint density at radius 3 is 1.80 bits per heavy atom. The second kappa shape index (κ2) is 19.3. The van der Waals surface area contributed by atoms with Gasteiger partial charge in [0.05, 0.1) is 0 Å². The highest BCUT2D eigenvalue weighted by Crippen LogP contribution is 2.22. The number of rotatable bonds is 20. The van der Waals surface area contributed by atoms with Gasteiger partial charge in [-0.1, -0.05) is 96.8 Å². The number of hydrogen-bond acceptors (Lipinski definition) is 6. The average molecular weight is 557 g/mol. The first-order chi connectivity index (χ1) is 19.4. The molecule has 1 amide bonds. The summed E-state index contributed by atoms with van der Waals surface area (Å²) < 4.78 is 5.44. The van der Waals surface area contributed by atoms with E-state index < -0.39 is 17.5 Å².